The van der Waals surface area contributed by atoms with Crippen LogP contribution in [0.2, 0.25) is 0 Å². The predicted octanol–water partition coefficient (Wildman–Crippen LogP) is 4.74. The molecule has 1 aliphatic heterocycles. The van der Waals surface area contributed by atoms with Crippen LogP contribution in [0.25, 0.3) is 0 Å². The van der Waals surface area contributed by atoms with E-state index in [0.717, 1.165) is 30.7 Å². The highest BCUT2D eigenvalue weighted by Gasteiger charge is 2.32. The average Bonchev–Trinajstić information content (AvgIpc) is 3.29. The van der Waals surface area contributed by atoms with E-state index in [1.807, 2.05) is 19.1 Å². The number of hydrogen-bond acceptors (Lipinski definition) is 5. The van der Waals surface area contributed by atoms with Gasteiger partial charge in [-0.1, -0.05) is 40.2 Å². The Kier molecular flexibility index (Phi) is 7.13. The summed E-state index contributed by atoms with van der Waals surface area (Å²) in [7, 11) is -3.61. The summed E-state index contributed by atoms with van der Waals surface area (Å²) in [6.45, 7) is 5.55. The normalized spacial score (nSPS) is 17.4. The SMILES string of the molecule is C[C@H](NS(=O)(=O)c1ccc(Br)cc1)[C@@H](c1cccs1)N1CCN(c2ccccc2)CC1. The molecule has 3 aromatic rings. The summed E-state index contributed by atoms with van der Waals surface area (Å²) in [6.07, 6.45) is 0. The van der Waals surface area contributed by atoms with Crippen LogP contribution in [-0.4, -0.2) is 45.5 Å². The molecule has 1 fully saturated rings. The molecule has 2 atom stereocenters. The third-order valence-electron chi connectivity index (χ3n) is 5.60. The molecular weight excluding hydrogens is 494 g/mol. The molecule has 0 bridgehead atoms. The molecule has 2 heterocycles. The summed E-state index contributed by atoms with van der Waals surface area (Å²) in [6, 6.07) is 21.0. The topological polar surface area (TPSA) is 52.7 Å². The molecule has 164 valence electrons. The lowest BCUT2D eigenvalue weighted by molar-refractivity contribution is 0.164. The van der Waals surface area contributed by atoms with Crippen LogP contribution in [-0.2, 0) is 10.0 Å². The van der Waals surface area contributed by atoms with Gasteiger partial charge in [0.1, 0.15) is 0 Å². The van der Waals surface area contributed by atoms with Gasteiger partial charge in [-0.2, -0.15) is 0 Å². The summed E-state index contributed by atoms with van der Waals surface area (Å²) >= 11 is 5.04. The lowest BCUT2D eigenvalue weighted by atomic mass is 10.1. The molecule has 0 spiro atoms. The highest BCUT2D eigenvalue weighted by molar-refractivity contribution is 9.10. The van der Waals surface area contributed by atoms with Crippen molar-refractivity contribution >= 4 is 43.0 Å². The quantitative estimate of drug-likeness (QED) is 0.489. The van der Waals surface area contributed by atoms with Crippen LogP contribution in [0.15, 0.2) is 81.5 Å². The van der Waals surface area contributed by atoms with Gasteiger partial charge in [0.15, 0.2) is 0 Å². The van der Waals surface area contributed by atoms with Gasteiger partial charge >= 0.3 is 0 Å². The van der Waals surface area contributed by atoms with Gasteiger partial charge in [-0.15, -0.1) is 11.3 Å². The Morgan fingerprint density at radius 2 is 1.61 bits per heavy atom. The summed E-state index contributed by atoms with van der Waals surface area (Å²) in [5, 5.41) is 2.05. The molecular formula is C23H26BrN3O2S2. The van der Waals surface area contributed by atoms with Crippen molar-refractivity contribution in [3.63, 3.8) is 0 Å². The lowest BCUT2D eigenvalue weighted by Crippen LogP contribution is -2.52. The Bertz CT molecular complexity index is 1070. The lowest BCUT2D eigenvalue weighted by Gasteiger charge is -2.42. The van der Waals surface area contributed by atoms with Gasteiger partial charge in [0.25, 0.3) is 0 Å². The average molecular weight is 521 g/mol. The molecule has 4 rings (SSSR count). The van der Waals surface area contributed by atoms with Crippen molar-refractivity contribution in [1.29, 1.82) is 0 Å². The number of nitrogens with one attached hydrogen (secondary N) is 1. The second-order valence-electron chi connectivity index (χ2n) is 7.68. The van der Waals surface area contributed by atoms with Crippen LogP contribution in [0.1, 0.15) is 17.8 Å². The fourth-order valence-corrected chi connectivity index (χ4v) is 6.57. The first-order valence-electron chi connectivity index (χ1n) is 10.3. The molecule has 0 saturated carbocycles. The van der Waals surface area contributed by atoms with Crippen LogP contribution >= 0.6 is 27.3 Å². The third-order valence-corrected chi connectivity index (χ3v) is 8.65. The summed E-state index contributed by atoms with van der Waals surface area (Å²) in [4.78, 5) is 6.25. The first-order chi connectivity index (χ1) is 14.9. The zero-order valence-electron chi connectivity index (χ0n) is 17.3. The van der Waals surface area contributed by atoms with Crippen molar-refractivity contribution in [2.45, 2.75) is 23.9 Å². The van der Waals surface area contributed by atoms with Crippen molar-refractivity contribution in [2.24, 2.45) is 0 Å². The van der Waals surface area contributed by atoms with E-state index < -0.39 is 10.0 Å². The Labute approximate surface area is 196 Å². The van der Waals surface area contributed by atoms with Gasteiger partial charge in [-0.25, -0.2) is 13.1 Å². The molecule has 1 aromatic heterocycles. The molecule has 5 nitrogen and oxygen atoms in total. The zero-order chi connectivity index (χ0) is 21.8. The molecule has 1 saturated heterocycles. The number of benzene rings is 2. The minimum atomic E-state index is -3.61. The number of rotatable bonds is 7. The van der Waals surface area contributed by atoms with E-state index in [0.29, 0.717) is 0 Å². The van der Waals surface area contributed by atoms with Crippen LogP contribution in [0.5, 0.6) is 0 Å². The number of para-hydroxylation sites is 1. The predicted molar refractivity (Wildman–Crippen MR) is 131 cm³/mol. The molecule has 1 N–H and O–H groups in total. The molecule has 0 amide bonds. The fourth-order valence-electron chi connectivity index (χ4n) is 4.09. The van der Waals surface area contributed by atoms with Crippen LogP contribution in [0, 0.1) is 0 Å². The fraction of sp³-hybridized carbons (Fsp3) is 0.304. The Morgan fingerprint density at radius 3 is 2.23 bits per heavy atom. The van der Waals surface area contributed by atoms with Gasteiger partial charge in [-0.05, 0) is 54.8 Å². The van der Waals surface area contributed by atoms with Crippen molar-refractivity contribution in [1.82, 2.24) is 9.62 Å². The van der Waals surface area contributed by atoms with Crippen LogP contribution in [0.3, 0.4) is 0 Å². The van der Waals surface area contributed by atoms with E-state index in [1.165, 1.54) is 10.6 Å². The van der Waals surface area contributed by atoms with Gasteiger partial charge in [-0.3, -0.25) is 4.90 Å². The van der Waals surface area contributed by atoms with Crippen molar-refractivity contribution in [3.8, 4) is 0 Å². The summed E-state index contributed by atoms with van der Waals surface area (Å²) in [5.41, 5.74) is 1.24. The molecule has 0 aliphatic carbocycles. The second kappa shape index (κ2) is 9.83. The summed E-state index contributed by atoms with van der Waals surface area (Å²) in [5.74, 6) is 0. The number of piperazine rings is 1. The van der Waals surface area contributed by atoms with Gasteiger partial charge in [0.2, 0.25) is 10.0 Å². The number of sulfonamides is 1. The maximum absolute atomic E-state index is 13.0. The number of hydrogen-bond donors (Lipinski definition) is 1. The first kappa shape index (κ1) is 22.5. The molecule has 2 aromatic carbocycles. The Morgan fingerprint density at radius 1 is 0.935 bits per heavy atom. The number of anilines is 1. The summed E-state index contributed by atoms with van der Waals surface area (Å²) < 4.78 is 29.8. The van der Waals surface area contributed by atoms with Gasteiger partial charge < -0.3 is 4.90 Å². The highest BCUT2D eigenvalue weighted by atomic mass is 79.9. The van der Waals surface area contributed by atoms with Crippen molar-refractivity contribution < 1.29 is 8.42 Å². The van der Waals surface area contributed by atoms with E-state index in [4.69, 9.17) is 0 Å². The van der Waals surface area contributed by atoms with Crippen LogP contribution < -0.4 is 9.62 Å². The maximum atomic E-state index is 13.0. The minimum absolute atomic E-state index is 0.0110. The molecule has 0 radical (unpaired) electrons. The second-order valence-corrected chi connectivity index (χ2v) is 11.3. The minimum Gasteiger partial charge on any atom is -0.369 e. The molecule has 8 heteroatoms. The van der Waals surface area contributed by atoms with E-state index in [9.17, 15) is 8.42 Å². The molecule has 31 heavy (non-hydrogen) atoms. The molecule has 0 unspecified atom stereocenters. The first-order valence-corrected chi connectivity index (χ1v) is 13.4. The monoisotopic (exact) mass is 519 g/mol. The van der Waals surface area contributed by atoms with Gasteiger partial charge in [0.05, 0.1) is 10.9 Å². The Hall–Kier alpha value is -1.71. The maximum Gasteiger partial charge on any atom is 0.240 e. The van der Waals surface area contributed by atoms with Crippen molar-refractivity contribution in [2.75, 3.05) is 31.1 Å². The van der Waals surface area contributed by atoms with E-state index in [-0.39, 0.29) is 17.0 Å². The largest absolute Gasteiger partial charge is 0.369 e. The third kappa shape index (κ3) is 5.38. The van der Waals surface area contributed by atoms with E-state index >= 15 is 0 Å². The van der Waals surface area contributed by atoms with Crippen molar-refractivity contribution in [3.05, 3.63) is 81.5 Å². The number of halogens is 1. The van der Waals surface area contributed by atoms with E-state index in [2.05, 4.69) is 66.2 Å². The number of nitrogens with zero attached hydrogens (tertiary/aromatic N) is 2. The smallest absolute Gasteiger partial charge is 0.240 e. The van der Waals surface area contributed by atoms with Crippen LogP contribution in [0.4, 0.5) is 5.69 Å². The zero-order valence-corrected chi connectivity index (χ0v) is 20.5. The highest BCUT2D eigenvalue weighted by Crippen LogP contribution is 2.31. The number of thiophene rings is 1. The van der Waals surface area contributed by atoms with Gasteiger partial charge in [0, 0.05) is 47.3 Å². The molecule has 1 aliphatic rings. The van der Waals surface area contributed by atoms with E-state index in [1.54, 1.807) is 35.6 Å². The standard InChI is InChI=1S/C23H26BrN3O2S2/c1-18(25-31(28,29)21-11-9-19(24)10-12-21)23(22-8-5-17-30-22)27-15-13-26(14-16-27)20-6-3-2-4-7-20/h2-12,17-18,23,25H,13-16H2,1H3/t18-,23-/m0/s1. The Balaban J connectivity index is 1.50.